The number of rotatable bonds is 7. The highest BCUT2D eigenvalue weighted by atomic mass is 16.6. The molecule has 1 saturated heterocycles. The van der Waals surface area contributed by atoms with E-state index in [1.165, 1.54) is 23.9 Å². The maximum absolute atomic E-state index is 10.7. The van der Waals surface area contributed by atoms with Gasteiger partial charge in [0.25, 0.3) is 0 Å². The van der Waals surface area contributed by atoms with Gasteiger partial charge in [-0.15, -0.1) is 0 Å². The Labute approximate surface area is 221 Å². The molecule has 3 aliphatic rings. The topological polar surface area (TPSA) is 160 Å². The second kappa shape index (κ2) is 9.71. The Morgan fingerprint density at radius 3 is 2.76 bits per heavy atom. The highest BCUT2D eigenvalue weighted by molar-refractivity contribution is 5.81. The van der Waals surface area contributed by atoms with Crippen molar-refractivity contribution in [2.45, 2.75) is 89.9 Å². The summed E-state index contributed by atoms with van der Waals surface area (Å²) in [7, 11) is 0. The Hall–Kier alpha value is -2.86. The number of aliphatic hydroxyl groups excluding tert-OH is 2. The standard InChI is InChI=1S/C27H38N8O3/c1-27(2,3)15-5-6-17-18(10-15)34-20(33-17)7-4-14-8-16(9-14)29-11-19-22(36)23(37)26(38-19)35-13-32-21-24(28)30-12-31-25(21)35/h10,12-14,16,19,22-23,26,29,36-37H,4-9,11H2,1-3H3,(H,33,34)(H2,28,30,31)/t14-,16-,19-,22-,23-,26-/m1/s1. The molecular formula is C27H38N8O3. The number of fused-ring (bicyclic) bond motifs is 2. The van der Waals surface area contributed by atoms with Gasteiger partial charge in [-0.1, -0.05) is 26.3 Å². The SMILES string of the molecule is CC(C)(C)C1=Cc2nc(CC[C@H]3C[C@H](NC[C@H]4O[C@@H](n5cnc6c(N)ncnc65)[C@H](O)[C@@H]4O)C3)[nH]c2CC1. The zero-order valence-electron chi connectivity index (χ0n) is 22.3. The largest absolute Gasteiger partial charge is 0.387 e. The molecule has 3 aromatic heterocycles. The predicted octanol–water partition coefficient (Wildman–Crippen LogP) is 2.13. The number of anilines is 1. The molecule has 0 aromatic carbocycles. The summed E-state index contributed by atoms with van der Waals surface area (Å²) in [5, 5.41) is 24.8. The normalized spacial score (nSPS) is 29.3. The molecule has 6 rings (SSSR count). The van der Waals surface area contributed by atoms with Crippen LogP contribution in [0.25, 0.3) is 17.2 Å². The summed E-state index contributed by atoms with van der Waals surface area (Å²) in [5.74, 6) is 2.02. The third-order valence-corrected chi connectivity index (χ3v) is 8.41. The second-order valence-electron chi connectivity index (χ2n) is 12.1. The third-order valence-electron chi connectivity index (χ3n) is 8.41. The van der Waals surface area contributed by atoms with Gasteiger partial charge in [0.05, 0.1) is 12.0 Å². The lowest BCUT2D eigenvalue weighted by Gasteiger charge is -2.36. The van der Waals surface area contributed by atoms with Crippen LogP contribution in [0.5, 0.6) is 0 Å². The molecule has 11 heteroatoms. The average molecular weight is 523 g/mol. The second-order valence-corrected chi connectivity index (χ2v) is 12.1. The molecular weight excluding hydrogens is 484 g/mol. The van der Waals surface area contributed by atoms with E-state index in [1.807, 2.05) is 0 Å². The third kappa shape index (κ3) is 4.72. The van der Waals surface area contributed by atoms with Crippen molar-refractivity contribution in [3.63, 3.8) is 0 Å². The molecule has 2 fully saturated rings. The van der Waals surface area contributed by atoms with Crippen molar-refractivity contribution in [3.8, 4) is 0 Å². The van der Waals surface area contributed by atoms with Gasteiger partial charge in [-0.3, -0.25) is 4.57 Å². The summed E-state index contributed by atoms with van der Waals surface area (Å²) < 4.78 is 7.64. The van der Waals surface area contributed by atoms with E-state index in [4.69, 9.17) is 15.5 Å². The van der Waals surface area contributed by atoms with Crippen molar-refractivity contribution >= 4 is 23.1 Å². The number of ether oxygens (including phenoxy) is 1. The number of allylic oxidation sites excluding steroid dienone is 1. The summed E-state index contributed by atoms with van der Waals surface area (Å²) >= 11 is 0. The molecule has 1 saturated carbocycles. The van der Waals surface area contributed by atoms with Gasteiger partial charge in [-0.25, -0.2) is 19.9 Å². The molecule has 0 amide bonds. The van der Waals surface area contributed by atoms with Crippen molar-refractivity contribution in [3.05, 3.63) is 35.4 Å². The van der Waals surface area contributed by atoms with Crippen LogP contribution in [-0.2, 0) is 17.6 Å². The Bertz CT molecular complexity index is 1340. The Morgan fingerprint density at radius 2 is 1.97 bits per heavy atom. The lowest BCUT2D eigenvalue weighted by atomic mass is 9.77. The summed E-state index contributed by atoms with van der Waals surface area (Å²) in [6, 6.07) is 0.385. The fraction of sp³-hybridized carbons (Fsp3) is 0.630. The molecule has 0 unspecified atom stereocenters. The molecule has 2 aliphatic carbocycles. The first kappa shape index (κ1) is 25.4. The van der Waals surface area contributed by atoms with Crippen molar-refractivity contribution in [1.29, 1.82) is 0 Å². The van der Waals surface area contributed by atoms with Gasteiger partial charge in [-0.2, -0.15) is 0 Å². The molecule has 1 aliphatic heterocycles. The van der Waals surface area contributed by atoms with Crippen LogP contribution >= 0.6 is 0 Å². The van der Waals surface area contributed by atoms with E-state index in [-0.39, 0.29) is 11.2 Å². The Balaban J connectivity index is 0.972. The lowest BCUT2D eigenvalue weighted by molar-refractivity contribution is -0.0357. The molecule has 204 valence electrons. The van der Waals surface area contributed by atoms with E-state index in [9.17, 15) is 10.2 Å². The average Bonchev–Trinajstić information content (AvgIpc) is 3.54. The molecule has 0 bridgehead atoms. The molecule has 4 atom stereocenters. The highest BCUT2D eigenvalue weighted by Crippen LogP contribution is 2.36. The summed E-state index contributed by atoms with van der Waals surface area (Å²) in [6.45, 7) is 7.27. The molecule has 0 radical (unpaired) electrons. The number of nitrogens with one attached hydrogen (secondary N) is 2. The van der Waals surface area contributed by atoms with Crippen molar-refractivity contribution in [2.24, 2.45) is 11.3 Å². The molecule has 38 heavy (non-hydrogen) atoms. The molecule has 11 nitrogen and oxygen atoms in total. The number of hydrogen-bond donors (Lipinski definition) is 5. The van der Waals surface area contributed by atoms with Crippen LogP contribution in [0.1, 0.15) is 69.9 Å². The van der Waals surface area contributed by atoms with E-state index >= 15 is 0 Å². The van der Waals surface area contributed by atoms with Crippen LogP contribution in [0.15, 0.2) is 18.2 Å². The quantitative estimate of drug-likeness (QED) is 0.313. The number of hydrogen-bond acceptors (Lipinski definition) is 9. The summed E-state index contributed by atoms with van der Waals surface area (Å²) in [4.78, 5) is 20.8. The first-order chi connectivity index (χ1) is 18.2. The van der Waals surface area contributed by atoms with Crippen LogP contribution in [0.4, 0.5) is 5.82 Å². The molecule has 0 spiro atoms. The Morgan fingerprint density at radius 1 is 1.16 bits per heavy atom. The number of nitrogens with two attached hydrogens (primary N) is 1. The molecule has 3 aromatic rings. The minimum atomic E-state index is -1.10. The van der Waals surface area contributed by atoms with Gasteiger partial charge in [-0.05, 0) is 49.5 Å². The zero-order chi connectivity index (χ0) is 26.6. The van der Waals surface area contributed by atoms with E-state index in [2.05, 4.69) is 52.1 Å². The van der Waals surface area contributed by atoms with Crippen molar-refractivity contribution < 1.29 is 14.9 Å². The summed E-state index contributed by atoms with van der Waals surface area (Å²) in [6.07, 6.45) is 8.10. The van der Waals surface area contributed by atoms with Crippen LogP contribution in [0.2, 0.25) is 0 Å². The zero-order valence-corrected chi connectivity index (χ0v) is 22.3. The highest BCUT2D eigenvalue weighted by Gasteiger charge is 2.44. The fourth-order valence-corrected chi connectivity index (χ4v) is 5.94. The predicted molar refractivity (Wildman–Crippen MR) is 143 cm³/mol. The lowest BCUT2D eigenvalue weighted by Crippen LogP contribution is -2.46. The van der Waals surface area contributed by atoms with Crippen molar-refractivity contribution in [2.75, 3.05) is 12.3 Å². The first-order valence-electron chi connectivity index (χ1n) is 13.6. The first-order valence-corrected chi connectivity index (χ1v) is 13.6. The number of aryl methyl sites for hydroxylation is 2. The summed E-state index contributed by atoms with van der Waals surface area (Å²) in [5.41, 5.74) is 10.9. The number of aromatic amines is 1. The smallest absolute Gasteiger partial charge is 0.167 e. The minimum Gasteiger partial charge on any atom is -0.387 e. The minimum absolute atomic E-state index is 0.195. The van der Waals surface area contributed by atoms with Gasteiger partial charge in [0.15, 0.2) is 17.7 Å². The maximum atomic E-state index is 10.7. The van der Waals surface area contributed by atoms with Crippen LogP contribution < -0.4 is 11.1 Å². The van der Waals surface area contributed by atoms with Gasteiger partial charge in [0, 0.05) is 24.7 Å². The van der Waals surface area contributed by atoms with E-state index in [0.717, 1.165) is 50.0 Å². The van der Waals surface area contributed by atoms with Crippen LogP contribution in [0, 0.1) is 11.3 Å². The van der Waals surface area contributed by atoms with Crippen LogP contribution in [-0.4, -0.2) is 70.6 Å². The molecule has 6 N–H and O–H groups in total. The number of nitrogens with zero attached hydrogens (tertiary/aromatic N) is 5. The van der Waals surface area contributed by atoms with Gasteiger partial charge < -0.3 is 31.0 Å². The number of aromatic nitrogens is 6. The van der Waals surface area contributed by atoms with Gasteiger partial charge in [0.2, 0.25) is 0 Å². The van der Waals surface area contributed by atoms with E-state index < -0.39 is 24.5 Å². The van der Waals surface area contributed by atoms with Crippen molar-refractivity contribution in [1.82, 2.24) is 34.8 Å². The number of nitrogen functional groups attached to an aromatic ring is 1. The number of aliphatic hydroxyl groups is 2. The fourth-order valence-electron chi connectivity index (χ4n) is 5.94. The van der Waals surface area contributed by atoms with E-state index in [0.29, 0.717) is 29.7 Å². The van der Waals surface area contributed by atoms with Gasteiger partial charge >= 0.3 is 0 Å². The molecule has 4 heterocycles. The number of imidazole rings is 2. The monoisotopic (exact) mass is 522 g/mol. The van der Waals surface area contributed by atoms with Crippen LogP contribution in [0.3, 0.4) is 0 Å². The van der Waals surface area contributed by atoms with E-state index in [1.54, 1.807) is 4.57 Å². The maximum Gasteiger partial charge on any atom is 0.167 e. The number of H-pyrrole nitrogens is 1. The Kier molecular flexibility index (Phi) is 6.50. The van der Waals surface area contributed by atoms with Gasteiger partial charge in [0.1, 0.15) is 36.0 Å².